The molecule has 0 bridgehead atoms. The first-order chi connectivity index (χ1) is 12.9. The van der Waals surface area contributed by atoms with Gasteiger partial charge in [-0.1, -0.05) is 12.1 Å². The summed E-state index contributed by atoms with van der Waals surface area (Å²) in [7, 11) is 1.75. The molecule has 2 heterocycles. The van der Waals surface area contributed by atoms with Crippen LogP contribution in [-0.4, -0.2) is 26.6 Å². The van der Waals surface area contributed by atoms with Crippen molar-refractivity contribution in [2.24, 2.45) is 7.05 Å². The molecule has 3 aromatic rings. The van der Waals surface area contributed by atoms with Gasteiger partial charge in [0.05, 0.1) is 11.4 Å². The van der Waals surface area contributed by atoms with Gasteiger partial charge in [0, 0.05) is 37.7 Å². The molecule has 0 spiro atoms. The highest BCUT2D eigenvalue weighted by atomic mass is 32.1. The molecule has 1 N–H and O–H groups in total. The molecule has 138 valence electrons. The van der Waals surface area contributed by atoms with Gasteiger partial charge in [0.1, 0.15) is 5.82 Å². The maximum absolute atomic E-state index is 14.1. The Morgan fingerprint density at radius 3 is 2.74 bits per heavy atom. The van der Waals surface area contributed by atoms with E-state index in [0.717, 1.165) is 0 Å². The van der Waals surface area contributed by atoms with Gasteiger partial charge in [-0.3, -0.25) is 19.2 Å². The van der Waals surface area contributed by atoms with Gasteiger partial charge in [-0.2, -0.15) is 5.10 Å². The Morgan fingerprint density at radius 1 is 1.30 bits per heavy atom. The van der Waals surface area contributed by atoms with E-state index in [1.807, 2.05) is 0 Å². The molecule has 0 atom stereocenters. The van der Waals surface area contributed by atoms with Crippen LogP contribution < -0.4 is 10.2 Å². The third-order valence-corrected chi connectivity index (χ3v) is 4.32. The first-order valence-corrected chi connectivity index (χ1v) is 8.81. The number of hydrogen-bond acceptors (Lipinski definition) is 5. The van der Waals surface area contributed by atoms with Crippen molar-refractivity contribution in [3.63, 3.8) is 0 Å². The molecule has 0 aliphatic rings. The van der Waals surface area contributed by atoms with Gasteiger partial charge in [-0.05, 0) is 18.2 Å². The van der Waals surface area contributed by atoms with E-state index in [4.69, 9.17) is 0 Å². The number of carbonyl (C=O) groups is 2. The van der Waals surface area contributed by atoms with E-state index < -0.39 is 5.82 Å². The van der Waals surface area contributed by atoms with Crippen molar-refractivity contribution >= 4 is 45.9 Å². The van der Waals surface area contributed by atoms with E-state index in [2.05, 4.69) is 15.4 Å². The number of amides is 2. The maximum atomic E-state index is 14.1. The molecule has 3 rings (SSSR count). The van der Waals surface area contributed by atoms with Crippen molar-refractivity contribution in [3.05, 3.63) is 59.5 Å². The van der Waals surface area contributed by atoms with E-state index in [1.165, 1.54) is 47.4 Å². The summed E-state index contributed by atoms with van der Waals surface area (Å²) in [6.07, 6.45) is 4.54. The summed E-state index contributed by atoms with van der Waals surface area (Å²) in [5, 5.41) is 8.66. The number of anilines is 3. The Balaban J connectivity index is 1.75. The molecule has 1 aromatic carbocycles. The van der Waals surface area contributed by atoms with Crippen LogP contribution in [0.3, 0.4) is 0 Å². The van der Waals surface area contributed by atoms with Crippen LogP contribution in [0.25, 0.3) is 6.08 Å². The molecule has 2 amide bonds. The van der Waals surface area contributed by atoms with Crippen molar-refractivity contribution in [2.75, 3.05) is 10.2 Å². The lowest BCUT2D eigenvalue weighted by atomic mass is 10.3. The van der Waals surface area contributed by atoms with Crippen LogP contribution in [0.4, 0.5) is 21.0 Å². The number of nitrogens with one attached hydrogen (secondary N) is 1. The fraction of sp³-hybridized carbons (Fsp3) is 0.111. The monoisotopic (exact) mass is 385 g/mol. The summed E-state index contributed by atoms with van der Waals surface area (Å²) >= 11 is 1.18. The van der Waals surface area contributed by atoms with Crippen molar-refractivity contribution in [1.29, 1.82) is 0 Å². The van der Waals surface area contributed by atoms with Gasteiger partial charge >= 0.3 is 0 Å². The highest BCUT2D eigenvalue weighted by Crippen LogP contribution is 2.30. The van der Waals surface area contributed by atoms with Gasteiger partial charge in [-0.15, -0.1) is 11.3 Å². The molecule has 0 unspecified atom stereocenters. The van der Waals surface area contributed by atoms with E-state index in [-0.39, 0.29) is 17.5 Å². The minimum absolute atomic E-state index is 0.128. The Hall–Kier alpha value is -3.33. The average molecular weight is 385 g/mol. The zero-order chi connectivity index (χ0) is 19.4. The number of benzene rings is 1. The number of thiazole rings is 1. The molecule has 0 aliphatic heterocycles. The molecule has 0 aliphatic carbocycles. The second-order valence-corrected chi connectivity index (χ2v) is 6.39. The predicted octanol–water partition coefficient (Wildman–Crippen LogP) is 3.35. The summed E-state index contributed by atoms with van der Waals surface area (Å²) in [6, 6.07) is 7.65. The van der Waals surface area contributed by atoms with Crippen LogP contribution in [0, 0.1) is 5.82 Å². The lowest BCUT2D eigenvalue weighted by molar-refractivity contribution is -0.116. The molecule has 0 saturated heterocycles. The number of nitrogens with zero attached hydrogens (tertiary/aromatic N) is 4. The van der Waals surface area contributed by atoms with Crippen LogP contribution in [0.2, 0.25) is 0 Å². The van der Waals surface area contributed by atoms with E-state index in [0.29, 0.717) is 16.6 Å². The van der Waals surface area contributed by atoms with Crippen LogP contribution >= 0.6 is 11.3 Å². The Bertz CT molecular complexity index is 1010. The predicted molar refractivity (Wildman–Crippen MR) is 102 cm³/mol. The third kappa shape index (κ3) is 4.45. The van der Waals surface area contributed by atoms with Crippen molar-refractivity contribution < 1.29 is 14.0 Å². The van der Waals surface area contributed by atoms with Crippen LogP contribution in [0.1, 0.15) is 12.6 Å². The van der Waals surface area contributed by atoms with Crippen LogP contribution in [0.5, 0.6) is 0 Å². The molecule has 9 heteroatoms. The van der Waals surface area contributed by atoms with E-state index in [1.54, 1.807) is 41.5 Å². The number of aryl methyl sites for hydroxylation is 1. The number of halogens is 1. The van der Waals surface area contributed by atoms with E-state index >= 15 is 0 Å². The molecule has 0 radical (unpaired) electrons. The number of carbonyl (C=O) groups excluding carboxylic acids is 2. The smallest absolute Gasteiger partial charge is 0.249 e. The highest BCUT2D eigenvalue weighted by Gasteiger charge is 2.20. The summed E-state index contributed by atoms with van der Waals surface area (Å²) in [5.41, 5.74) is 0.608. The summed E-state index contributed by atoms with van der Waals surface area (Å²) in [6.45, 7) is 1.34. The Labute approximate surface area is 158 Å². The van der Waals surface area contributed by atoms with Gasteiger partial charge in [-0.25, -0.2) is 9.37 Å². The molecule has 27 heavy (non-hydrogen) atoms. The Morgan fingerprint density at radius 2 is 2.07 bits per heavy atom. The number of para-hydroxylation sites is 1. The van der Waals surface area contributed by atoms with Gasteiger partial charge in [0.2, 0.25) is 11.8 Å². The molecular weight excluding hydrogens is 369 g/mol. The SMILES string of the molecule is CC(=O)N(c1nc(/C=C/C(=O)Nc2ccn(C)n2)cs1)c1ccccc1F. The number of hydrogen-bond donors (Lipinski definition) is 1. The maximum Gasteiger partial charge on any atom is 0.249 e. The van der Waals surface area contributed by atoms with E-state index in [9.17, 15) is 14.0 Å². The highest BCUT2D eigenvalue weighted by molar-refractivity contribution is 7.14. The normalized spacial score (nSPS) is 10.9. The van der Waals surface area contributed by atoms with Gasteiger partial charge in [0.25, 0.3) is 0 Å². The van der Waals surface area contributed by atoms with Crippen molar-refractivity contribution in [1.82, 2.24) is 14.8 Å². The van der Waals surface area contributed by atoms with Gasteiger partial charge in [0.15, 0.2) is 10.9 Å². The van der Waals surface area contributed by atoms with Crippen LogP contribution in [-0.2, 0) is 16.6 Å². The third-order valence-electron chi connectivity index (χ3n) is 3.48. The standard InChI is InChI=1S/C18H16FN5O2S/c1-12(25)24(15-6-4-3-5-14(15)19)18-20-13(11-27-18)7-8-17(26)21-16-9-10-23(2)22-16/h3-11H,1-2H3,(H,21,22,26)/b8-7+. The molecule has 0 saturated carbocycles. The largest absolute Gasteiger partial charge is 0.306 e. The fourth-order valence-corrected chi connectivity index (χ4v) is 3.15. The first-order valence-electron chi connectivity index (χ1n) is 7.93. The molecule has 7 nitrogen and oxygen atoms in total. The number of aromatic nitrogens is 3. The zero-order valence-electron chi connectivity index (χ0n) is 14.6. The van der Waals surface area contributed by atoms with Crippen molar-refractivity contribution in [2.45, 2.75) is 6.92 Å². The summed E-state index contributed by atoms with van der Waals surface area (Å²) in [4.78, 5) is 29.4. The Kier molecular flexibility index (Phi) is 5.41. The molecular formula is C18H16FN5O2S. The zero-order valence-corrected chi connectivity index (χ0v) is 15.4. The average Bonchev–Trinajstić information content (AvgIpc) is 3.24. The van der Waals surface area contributed by atoms with Gasteiger partial charge < -0.3 is 5.32 Å². The number of rotatable bonds is 5. The second kappa shape index (κ2) is 7.92. The van der Waals surface area contributed by atoms with Crippen molar-refractivity contribution in [3.8, 4) is 0 Å². The first kappa shape index (κ1) is 18.5. The lowest BCUT2D eigenvalue weighted by Crippen LogP contribution is -2.23. The fourth-order valence-electron chi connectivity index (χ4n) is 2.31. The second-order valence-electron chi connectivity index (χ2n) is 5.56. The molecule has 2 aromatic heterocycles. The minimum atomic E-state index is -0.519. The summed E-state index contributed by atoms with van der Waals surface area (Å²) in [5.74, 6) is -0.804. The minimum Gasteiger partial charge on any atom is -0.306 e. The van der Waals surface area contributed by atoms with Crippen LogP contribution in [0.15, 0.2) is 48.0 Å². The quantitative estimate of drug-likeness (QED) is 0.683. The topological polar surface area (TPSA) is 80.1 Å². The molecule has 0 fully saturated rings. The lowest BCUT2D eigenvalue weighted by Gasteiger charge is -2.18. The summed E-state index contributed by atoms with van der Waals surface area (Å²) < 4.78 is 15.6.